The molecule has 0 saturated heterocycles. The lowest BCUT2D eigenvalue weighted by Crippen LogP contribution is -2.30. The maximum Gasteiger partial charge on any atom is 0.472 e. The van der Waals surface area contributed by atoms with Gasteiger partial charge in [0.25, 0.3) is 0 Å². The Hall–Kier alpha value is -4.80. The molecular weight excluding hydrogens is 1350 g/mol. The number of phosphoric ester groups is 2. The van der Waals surface area contributed by atoms with Crippen molar-refractivity contribution in [2.24, 2.45) is 0 Å². The van der Waals surface area contributed by atoms with Crippen molar-refractivity contribution < 1.29 is 80.2 Å². The second-order valence-electron chi connectivity index (χ2n) is 26.6. The Morgan fingerprint density at radius 2 is 0.538 bits per heavy atom. The van der Waals surface area contributed by atoms with E-state index in [0.29, 0.717) is 25.7 Å². The SMILES string of the molecule is CC/C=C\C/C=C\C/C=C\C/C=C\C/C=C\CC(=O)OC(COC(=O)CCCCCCCC/C=C\C/C=C\C/C=C\CCCCC)COP(=O)(O)OCC(O)COP(=O)(O)OCC(COC(=O)CCCCCCCC/C=C\C/C=C\C/C=C\CCCCC)OC(=O)CCCCCCCCCCCCC. The van der Waals surface area contributed by atoms with Crippen LogP contribution in [-0.2, 0) is 65.4 Å². The molecule has 19 heteroatoms. The van der Waals surface area contributed by atoms with Gasteiger partial charge >= 0.3 is 39.5 Å². The summed E-state index contributed by atoms with van der Waals surface area (Å²) in [5.74, 6) is -2.35. The van der Waals surface area contributed by atoms with E-state index < -0.39 is 97.5 Å². The molecule has 0 aromatic rings. The minimum absolute atomic E-state index is 0.0893. The summed E-state index contributed by atoms with van der Waals surface area (Å²) in [6.07, 6.45) is 86.0. The summed E-state index contributed by atoms with van der Waals surface area (Å²) >= 11 is 0. The average molecular weight is 1500 g/mol. The number of aliphatic hydroxyl groups is 1. The summed E-state index contributed by atoms with van der Waals surface area (Å²) in [6, 6.07) is 0. The first-order valence-electron chi connectivity index (χ1n) is 40.4. The number of ether oxygens (including phenoxy) is 4. The molecule has 0 aliphatic carbocycles. The molecule has 0 aliphatic heterocycles. The van der Waals surface area contributed by atoms with Crippen LogP contribution in [0.5, 0.6) is 0 Å². The quantitative estimate of drug-likeness (QED) is 0.0169. The lowest BCUT2D eigenvalue weighted by molar-refractivity contribution is -0.161. The number of esters is 4. The first-order valence-corrected chi connectivity index (χ1v) is 43.4. The number of carbonyl (C=O) groups is 4. The van der Waals surface area contributed by atoms with E-state index in [0.717, 1.165) is 167 Å². The molecule has 5 atom stereocenters. The fourth-order valence-electron chi connectivity index (χ4n) is 10.5. The molecule has 596 valence electrons. The monoisotopic (exact) mass is 1500 g/mol. The van der Waals surface area contributed by atoms with E-state index in [-0.39, 0.29) is 25.7 Å². The number of unbranched alkanes of at least 4 members (excludes halogenated alkanes) is 28. The van der Waals surface area contributed by atoms with Gasteiger partial charge in [-0.1, -0.05) is 303 Å². The van der Waals surface area contributed by atoms with Gasteiger partial charge in [-0.15, -0.1) is 0 Å². The molecule has 0 fully saturated rings. The van der Waals surface area contributed by atoms with Crippen molar-refractivity contribution in [3.8, 4) is 0 Å². The molecule has 0 rings (SSSR count). The lowest BCUT2D eigenvalue weighted by atomic mass is 10.1. The van der Waals surface area contributed by atoms with Gasteiger partial charge in [-0.2, -0.15) is 0 Å². The van der Waals surface area contributed by atoms with Crippen molar-refractivity contribution in [1.29, 1.82) is 0 Å². The third kappa shape index (κ3) is 75.4. The largest absolute Gasteiger partial charge is 0.472 e. The van der Waals surface area contributed by atoms with Crippen LogP contribution < -0.4 is 0 Å². The molecule has 0 aromatic heterocycles. The predicted molar refractivity (Wildman–Crippen MR) is 427 cm³/mol. The Bertz CT molecular complexity index is 2490. The van der Waals surface area contributed by atoms with Gasteiger partial charge in [0.2, 0.25) is 0 Å². The van der Waals surface area contributed by atoms with Crippen LogP contribution in [0.15, 0.2) is 134 Å². The molecule has 0 spiro atoms. The van der Waals surface area contributed by atoms with Gasteiger partial charge in [-0.3, -0.25) is 37.3 Å². The van der Waals surface area contributed by atoms with Gasteiger partial charge < -0.3 is 33.8 Å². The summed E-state index contributed by atoms with van der Waals surface area (Å²) in [6.45, 7) is 4.57. The van der Waals surface area contributed by atoms with E-state index in [9.17, 15) is 43.2 Å². The van der Waals surface area contributed by atoms with Gasteiger partial charge in [0.1, 0.15) is 19.3 Å². The number of allylic oxidation sites excluding steroid dienone is 21. The van der Waals surface area contributed by atoms with E-state index in [1.165, 1.54) is 77.0 Å². The smallest absolute Gasteiger partial charge is 0.462 e. The van der Waals surface area contributed by atoms with Gasteiger partial charge in [0.05, 0.1) is 32.8 Å². The fraction of sp³-hybridized carbons (Fsp3) is 0.694. The predicted octanol–water partition coefficient (Wildman–Crippen LogP) is 23.7. The zero-order valence-electron chi connectivity index (χ0n) is 65.2. The third-order valence-electron chi connectivity index (χ3n) is 16.6. The average Bonchev–Trinajstić information content (AvgIpc) is 0.924. The van der Waals surface area contributed by atoms with Crippen LogP contribution in [0.25, 0.3) is 0 Å². The normalized spacial score (nSPS) is 14.6. The first-order chi connectivity index (χ1) is 50.7. The van der Waals surface area contributed by atoms with E-state index in [2.05, 4.69) is 137 Å². The van der Waals surface area contributed by atoms with E-state index in [1.807, 2.05) is 12.2 Å². The van der Waals surface area contributed by atoms with E-state index >= 15 is 0 Å². The molecule has 0 radical (unpaired) electrons. The Balaban J connectivity index is 5.39. The highest BCUT2D eigenvalue weighted by atomic mass is 31.2. The van der Waals surface area contributed by atoms with Crippen LogP contribution >= 0.6 is 15.6 Å². The molecule has 0 amide bonds. The van der Waals surface area contributed by atoms with Crippen LogP contribution in [0.2, 0.25) is 0 Å². The number of phosphoric acid groups is 2. The minimum Gasteiger partial charge on any atom is -0.462 e. The van der Waals surface area contributed by atoms with Crippen LogP contribution in [0.1, 0.15) is 323 Å². The van der Waals surface area contributed by atoms with E-state index in [1.54, 1.807) is 12.2 Å². The van der Waals surface area contributed by atoms with Crippen molar-refractivity contribution in [1.82, 2.24) is 0 Å². The Morgan fingerprint density at radius 1 is 0.288 bits per heavy atom. The maximum atomic E-state index is 13.1. The van der Waals surface area contributed by atoms with Crippen molar-refractivity contribution in [3.63, 3.8) is 0 Å². The molecule has 0 aromatic carbocycles. The summed E-state index contributed by atoms with van der Waals surface area (Å²) in [5, 5.41) is 10.6. The Labute approximate surface area is 631 Å². The summed E-state index contributed by atoms with van der Waals surface area (Å²) in [5.41, 5.74) is 0. The number of rotatable bonds is 75. The van der Waals surface area contributed by atoms with Crippen LogP contribution in [-0.4, -0.2) is 96.7 Å². The highest BCUT2D eigenvalue weighted by Gasteiger charge is 2.30. The molecular formula is C85H144O17P2. The Morgan fingerprint density at radius 3 is 0.875 bits per heavy atom. The van der Waals surface area contributed by atoms with E-state index in [4.69, 9.17) is 37.0 Å². The fourth-order valence-corrected chi connectivity index (χ4v) is 12.1. The summed E-state index contributed by atoms with van der Waals surface area (Å²) in [7, 11) is -9.99. The van der Waals surface area contributed by atoms with Gasteiger partial charge in [-0.05, 0) is 128 Å². The number of aliphatic hydroxyl groups excluding tert-OH is 1. The molecule has 5 unspecified atom stereocenters. The summed E-state index contributed by atoms with van der Waals surface area (Å²) < 4.78 is 68.4. The molecule has 17 nitrogen and oxygen atoms in total. The second-order valence-corrected chi connectivity index (χ2v) is 29.6. The van der Waals surface area contributed by atoms with Crippen molar-refractivity contribution in [2.45, 2.75) is 341 Å². The van der Waals surface area contributed by atoms with Gasteiger partial charge in [0.15, 0.2) is 12.2 Å². The number of hydrogen-bond acceptors (Lipinski definition) is 15. The van der Waals surface area contributed by atoms with Crippen LogP contribution in [0.3, 0.4) is 0 Å². The van der Waals surface area contributed by atoms with Gasteiger partial charge in [-0.25, -0.2) is 9.13 Å². The molecule has 104 heavy (non-hydrogen) atoms. The summed E-state index contributed by atoms with van der Waals surface area (Å²) in [4.78, 5) is 72.9. The zero-order chi connectivity index (χ0) is 76.0. The molecule has 0 bridgehead atoms. The van der Waals surface area contributed by atoms with Crippen molar-refractivity contribution >= 4 is 39.5 Å². The highest BCUT2D eigenvalue weighted by molar-refractivity contribution is 7.47. The number of hydrogen-bond donors (Lipinski definition) is 3. The second kappa shape index (κ2) is 76.4. The van der Waals surface area contributed by atoms with Crippen LogP contribution in [0.4, 0.5) is 0 Å². The zero-order valence-corrected chi connectivity index (χ0v) is 66.9. The maximum absolute atomic E-state index is 13.1. The topological polar surface area (TPSA) is 237 Å². The Kier molecular flexibility index (Phi) is 72.9. The number of carbonyl (C=O) groups excluding carboxylic acids is 4. The minimum atomic E-state index is -5.01. The van der Waals surface area contributed by atoms with Crippen LogP contribution in [0, 0.1) is 0 Å². The highest BCUT2D eigenvalue weighted by Crippen LogP contribution is 2.45. The molecule has 3 N–H and O–H groups in total. The first kappa shape index (κ1) is 99.2. The van der Waals surface area contributed by atoms with Crippen molar-refractivity contribution in [3.05, 3.63) is 134 Å². The lowest BCUT2D eigenvalue weighted by Gasteiger charge is -2.21. The molecule has 0 heterocycles. The molecule has 0 saturated carbocycles. The van der Waals surface area contributed by atoms with Crippen molar-refractivity contribution in [2.75, 3.05) is 39.6 Å². The molecule has 0 aliphatic rings. The van der Waals surface area contributed by atoms with Gasteiger partial charge in [0, 0.05) is 19.3 Å². The third-order valence-corrected chi connectivity index (χ3v) is 18.5. The standard InChI is InChI=1S/C85H144O17P2/c1-5-9-13-17-21-25-29-32-35-37-39-41-44-46-50-53-57-61-65-69-82(87)95-75-80(101-84(89)71-67-63-59-55-49-28-24-20-16-12-8-4)77-99-103(91,92)97-73-79(86)74-98-104(93,94)100-78-81(102-85(90)72-68-64-60-56-52-48-43-34-31-27-23-19-15-11-7-3)76-96-83(88)70-66-62-58-54-51-47-45-42-40-38-36-33-30-26-22-18-14-10-6-2/h11,15,21-23,25-27,32-36,39-43,52,56,64,68,79-81,86H,5-10,12-14,16-20,24,28-31,37-38,44-51,53-55,57-63,65-67,69-78H2,1-4H3,(H,91,92)(H,93,94)/b15-11-,25-21-,26-22-,27-23-,35-32-,36-33-,41-39-,42-40-,43-34-,56-52-,68-64-.